The highest BCUT2D eigenvalue weighted by Gasteiger charge is 2.27. The Kier molecular flexibility index (Phi) is 4.38. The third kappa shape index (κ3) is 3.29. The van der Waals surface area contributed by atoms with Gasteiger partial charge in [-0.3, -0.25) is 4.79 Å². The van der Waals surface area contributed by atoms with E-state index in [0.717, 1.165) is 11.1 Å². The average molecular weight is 362 g/mol. The van der Waals surface area contributed by atoms with Crippen LogP contribution in [0.1, 0.15) is 21.8 Å². The highest BCUT2D eigenvalue weighted by atomic mass is 16.4. The van der Waals surface area contributed by atoms with E-state index >= 15 is 0 Å². The molecule has 7 heteroatoms. The summed E-state index contributed by atoms with van der Waals surface area (Å²) in [6, 6.07) is 13.3. The van der Waals surface area contributed by atoms with Gasteiger partial charge in [-0.05, 0) is 31.2 Å². The number of oxazole rings is 1. The molecule has 1 fully saturated rings. The maximum absolute atomic E-state index is 12.4. The predicted molar refractivity (Wildman–Crippen MR) is 98.2 cm³/mol. The molecule has 3 aromatic rings. The molecule has 0 radical (unpaired) electrons. The number of anilines is 1. The van der Waals surface area contributed by atoms with Gasteiger partial charge in [0.15, 0.2) is 5.76 Å². The van der Waals surface area contributed by atoms with Crippen LogP contribution in [-0.2, 0) is 0 Å². The first-order chi connectivity index (χ1) is 13.2. The normalized spacial score (nSPS) is 14.2. The molecule has 1 amide bonds. The van der Waals surface area contributed by atoms with Crippen molar-refractivity contribution in [3.05, 3.63) is 59.7 Å². The van der Waals surface area contributed by atoms with Crippen LogP contribution in [0.15, 0.2) is 51.5 Å². The summed E-state index contributed by atoms with van der Waals surface area (Å²) in [4.78, 5) is 20.4. The quantitative estimate of drug-likeness (QED) is 0.712. The number of hydrogen-bond acceptors (Lipinski definition) is 6. The van der Waals surface area contributed by atoms with Crippen molar-refractivity contribution in [1.82, 2.24) is 9.88 Å². The first-order valence-electron chi connectivity index (χ1n) is 8.71. The summed E-state index contributed by atoms with van der Waals surface area (Å²) in [7, 11) is 0. The summed E-state index contributed by atoms with van der Waals surface area (Å²) in [6.07, 6.45) is 1.49. The molecule has 27 heavy (non-hydrogen) atoms. The number of hydrogen-bond donors (Lipinski definition) is 0. The number of nitrogens with zero attached hydrogens (tertiary/aromatic N) is 4. The second-order valence-electron chi connectivity index (χ2n) is 6.41. The molecule has 3 heterocycles. The van der Waals surface area contributed by atoms with E-state index in [9.17, 15) is 10.1 Å². The minimum Gasteiger partial charge on any atom is -0.459 e. The molecule has 4 rings (SSSR count). The van der Waals surface area contributed by atoms with E-state index in [1.165, 1.54) is 6.26 Å². The molecule has 1 aliphatic heterocycles. The molecule has 1 aromatic carbocycles. The Balaban J connectivity index is 1.50. The number of aromatic nitrogens is 1. The number of piperazine rings is 1. The average Bonchev–Trinajstić information content (AvgIpc) is 3.38. The lowest BCUT2D eigenvalue weighted by Gasteiger charge is -2.34. The molecule has 0 saturated carbocycles. The fourth-order valence-corrected chi connectivity index (χ4v) is 3.09. The Morgan fingerprint density at radius 1 is 1.15 bits per heavy atom. The van der Waals surface area contributed by atoms with Gasteiger partial charge in [-0.1, -0.05) is 17.7 Å². The maximum atomic E-state index is 12.4. The fourth-order valence-electron chi connectivity index (χ4n) is 3.09. The molecule has 0 atom stereocenters. The van der Waals surface area contributed by atoms with Gasteiger partial charge in [-0.25, -0.2) is 0 Å². The second-order valence-corrected chi connectivity index (χ2v) is 6.41. The topological polar surface area (TPSA) is 86.5 Å². The standard InChI is InChI=1S/C20H18N4O3/c1-14-4-6-15(7-5-14)18-22-16(13-21)20(27-18)24-10-8-23(9-11-24)19(25)17-3-2-12-26-17/h2-7,12H,8-11H2,1H3. The van der Waals surface area contributed by atoms with Crippen LogP contribution in [0, 0.1) is 18.3 Å². The molecule has 136 valence electrons. The minimum atomic E-state index is -0.127. The van der Waals surface area contributed by atoms with E-state index in [1.807, 2.05) is 36.1 Å². The Labute approximate surface area is 156 Å². The van der Waals surface area contributed by atoms with Crippen molar-refractivity contribution in [3.63, 3.8) is 0 Å². The van der Waals surface area contributed by atoms with E-state index in [2.05, 4.69) is 11.1 Å². The zero-order valence-corrected chi connectivity index (χ0v) is 14.9. The Morgan fingerprint density at radius 3 is 2.52 bits per heavy atom. The van der Waals surface area contributed by atoms with Gasteiger partial charge in [0.25, 0.3) is 5.91 Å². The van der Waals surface area contributed by atoms with Gasteiger partial charge in [-0.15, -0.1) is 0 Å². The van der Waals surface area contributed by atoms with Crippen LogP contribution in [0.2, 0.25) is 0 Å². The molecule has 0 aliphatic carbocycles. The number of carbonyl (C=O) groups is 1. The zero-order chi connectivity index (χ0) is 18.8. The zero-order valence-electron chi connectivity index (χ0n) is 14.9. The Bertz CT molecular complexity index is 975. The van der Waals surface area contributed by atoms with Crippen LogP contribution in [0.5, 0.6) is 0 Å². The summed E-state index contributed by atoms with van der Waals surface area (Å²) in [5.74, 6) is 1.09. The van der Waals surface area contributed by atoms with Crippen molar-refractivity contribution in [2.45, 2.75) is 6.92 Å². The van der Waals surface area contributed by atoms with Crippen LogP contribution >= 0.6 is 0 Å². The van der Waals surface area contributed by atoms with E-state index < -0.39 is 0 Å². The van der Waals surface area contributed by atoms with Crippen molar-refractivity contribution in [1.29, 1.82) is 5.26 Å². The van der Waals surface area contributed by atoms with Crippen LogP contribution in [0.4, 0.5) is 5.88 Å². The van der Waals surface area contributed by atoms with Gasteiger partial charge in [0.2, 0.25) is 17.5 Å². The molecular formula is C20H18N4O3. The van der Waals surface area contributed by atoms with Crippen LogP contribution in [0.3, 0.4) is 0 Å². The van der Waals surface area contributed by atoms with E-state index in [0.29, 0.717) is 43.7 Å². The third-order valence-electron chi connectivity index (χ3n) is 4.60. The molecule has 1 aliphatic rings. The van der Waals surface area contributed by atoms with E-state index in [1.54, 1.807) is 17.0 Å². The Morgan fingerprint density at radius 2 is 1.89 bits per heavy atom. The maximum Gasteiger partial charge on any atom is 0.289 e. The number of furan rings is 1. The van der Waals surface area contributed by atoms with Crippen molar-refractivity contribution in [2.24, 2.45) is 0 Å². The molecular weight excluding hydrogens is 344 g/mol. The number of carbonyl (C=O) groups excluding carboxylic acids is 1. The van der Waals surface area contributed by atoms with Crippen molar-refractivity contribution in [3.8, 4) is 17.5 Å². The Hall–Kier alpha value is -3.53. The molecule has 7 nitrogen and oxygen atoms in total. The first-order valence-corrected chi connectivity index (χ1v) is 8.71. The highest BCUT2D eigenvalue weighted by Crippen LogP contribution is 2.29. The van der Waals surface area contributed by atoms with Crippen LogP contribution < -0.4 is 4.90 Å². The smallest absolute Gasteiger partial charge is 0.289 e. The monoisotopic (exact) mass is 362 g/mol. The molecule has 1 saturated heterocycles. The highest BCUT2D eigenvalue weighted by molar-refractivity contribution is 5.91. The molecule has 0 N–H and O–H groups in total. The number of amides is 1. The van der Waals surface area contributed by atoms with Crippen molar-refractivity contribution >= 4 is 11.8 Å². The van der Waals surface area contributed by atoms with Gasteiger partial charge >= 0.3 is 0 Å². The van der Waals surface area contributed by atoms with Crippen LogP contribution in [0.25, 0.3) is 11.5 Å². The summed E-state index contributed by atoms with van der Waals surface area (Å²) in [6.45, 7) is 4.16. The number of aryl methyl sites for hydroxylation is 1. The molecule has 0 bridgehead atoms. The lowest BCUT2D eigenvalue weighted by Crippen LogP contribution is -2.48. The molecule has 0 spiro atoms. The predicted octanol–water partition coefficient (Wildman–Crippen LogP) is 3.08. The fraction of sp³-hybridized carbons (Fsp3) is 0.250. The lowest BCUT2D eigenvalue weighted by molar-refractivity contribution is 0.0713. The molecule has 0 unspecified atom stereocenters. The van der Waals surface area contributed by atoms with Gasteiger partial charge < -0.3 is 18.6 Å². The SMILES string of the molecule is Cc1ccc(-c2nc(C#N)c(N3CCN(C(=O)c4ccco4)CC3)o2)cc1. The minimum absolute atomic E-state index is 0.127. The van der Waals surface area contributed by atoms with Gasteiger partial charge in [0, 0.05) is 31.7 Å². The second kappa shape index (κ2) is 7.00. The van der Waals surface area contributed by atoms with Gasteiger partial charge in [-0.2, -0.15) is 10.2 Å². The summed E-state index contributed by atoms with van der Waals surface area (Å²) < 4.78 is 11.1. The van der Waals surface area contributed by atoms with Gasteiger partial charge in [0.1, 0.15) is 6.07 Å². The number of rotatable bonds is 3. The van der Waals surface area contributed by atoms with E-state index in [-0.39, 0.29) is 11.6 Å². The number of benzene rings is 1. The van der Waals surface area contributed by atoms with Crippen LogP contribution in [-0.4, -0.2) is 42.0 Å². The largest absolute Gasteiger partial charge is 0.459 e. The third-order valence-corrected chi connectivity index (χ3v) is 4.60. The summed E-state index contributed by atoms with van der Waals surface area (Å²) in [5, 5.41) is 9.44. The van der Waals surface area contributed by atoms with Crippen molar-refractivity contribution in [2.75, 3.05) is 31.1 Å². The lowest BCUT2D eigenvalue weighted by atomic mass is 10.1. The number of nitriles is 1. The summed E-state index contributed by atoms with van der Waals surface area (Å²) >= 11 is 0. The summed E-state index contributed by atoms with van der Waals surface area (Å²) in [5.41, 5.74) is 2.23. The van der Waals surface area contributed by atoms with Crippen molar-refractivity contribution < 1.29 is 13.6 Å². The van der Waals surface area contributed by atoms with E-state index in [4.69, 9.17) is 8.83 Å². The molecule has 2 aromatic heterocycles. The van der Waals surface area contributed by atoms with Gasteiger partial charge in [0.05, 0.1) is 6.26 Å². The first kappa shape index (κ1) is 16.9.